The lowest BCUT2D eigenvalue weighted by molar-refractivity contribution is -0.151. The van der Waals surface area contributed by atoms with Crippen molar-refractivity contribution >= 4 is 28.9 Å². The number of thiazole rings is 1. The summed E-state index contributed by atoms with van der Waals surface area (Å²) < 4.78 is 36.9. The standard InChI is InChI=1S/C16H19ClF2N2O3S/c1-23-9-2-4-16(5-3-9)13(20-8-12(18)19)11(14(22)24-16)6-10-7-21-15(17)25-10/h7,9,12,20H,2-6,8H2,1H3. The number of carbonyl (C=O) groups is 1. The van der Waals surface area contributed by atoms with Gasteiger partial charge in [-0.2, -0.15) is 0 Å². The fraction of sp³-hybridized carbons (Fsp3) is 0.625. The molecule has 0 aromatic carbocycles. The Morgan fingerprint density at radius 3 is 2.80 bits per heavy atom. The molecule has 1 saturated carbocycles. The van der Waals surface area contributed by atoms with Crippen LogP contribution in [0.5, 0.6) is 0 Å². The van der Waals surface area contributed by atoms with Crippen LogP contribution in [0, 0.1) is 0 Å². The number of hydrogen-bond donors (Lipinski definition) is 1. The number of aromatic nitrogens is 1. The van der Waals surface area contributed by atoms with E-state index in [1.54, 1.807) is 13.3 Å². The van der Waals surface area contributed by atoms with Gasteiger partial charge in [-0.05, 0) is 25.7 Å². The number of halogens is 3. The lowest BCUT2D eigenvalue weighted by Gasteiger charge is -2.37. The minimum atomic E-state index is -2.52. The third-order valence-corrected chi connectivity index (χ3v) is 5.79. The molecule has 138 valence electrons. The zero-order valence-corrected chi connectivity index (χ0v) is 15.3. The first-order valence-corrected chi connectivity index (χ1v) is 9.25. The number of nitrogens with one attached hydrogen (secondary N) is 1. The first-order valence-electron chi connectivity index (χ1n) is 8.05. The van der Waals surface area contributed by atoms with E-state index in [4.69, 9.17) is 21.1 Å². The highest BCUT2D eigenvalue weighted by Gasteiger charge is 2.49. The molecule has 1 N–H and O–H groups in total. The van der Waals surface area contributed by atoms with Crippen LogP contribution < -0.4 is 5.32 Å². The quantitative estimate of drug-likeness (QED) is 0.752. The number of nitrogens with zero attached hydrogens (tertiary/aromatic N) is 1. The van der Waals surface area contributed by atoms with E-state index in [2.05, 4.69) is 10.3 Å². The van der Waals surface area contributed by atoms with E-state index < -0.39 is 24.5 Å². The predicted octanol–water partition coefficient (Wildman–Crippen LogP) is 3.33. The maximum absolute atomic E-state index is 12.8. The molecule has 1 fully saturated rings. The van der Waals surface area contributed by atoms with Crippen molar-refractivity contribution in [3.8, 4) is 0 Å². The van der Waals surface area contributed by atoms with Crippen molar-refractivity contribution in [3.63, 3.8) is 0 Å². The highest BCUT2D eigenvalue weighted by atomic mass is 35.5. The van der Waals surface area contributed by atoms with E-state index in [1.807, 2.05) is 0 Å². The Kier molecular flexibility index (Phi) is 5.60. The molecule has 0 saturated heterocycles. The van der Waals surface area contributed by atoms with Crippen molar-refractivity contribution in [1.82, 2.24) is 10.3 Å². The molecule has 1 aromatic heterocycles. The molecule has 3 rings (SSSR count). The Morgan fingerprint density at radius 2 is 2.24 bits per heavy atom. The number of alkyl halides is 2. The van der Waals surface area contributed by atoms with Gasteiger partial charge >= 0.3 is 5.97 Å². The summed E-state index contributed by atoms with van der Waals surface area (Å²) >= 11 is 7.10. The van der Waals surface area contributed by atoms with Crippen molar-refractivity contribution in [2.45, 2.75) is 50.2 Å². The monoisotopic (exact) mass is 392 g/mol. The van der Waals surface area contributed by atoms with Gasteiger partial charge < -0.3 is 14.8 Å². The summed E-state index contributed by atoms with van der Waals surface area (Å²) in [6.07, 6.45) is 1.97. The molecule has 2 heterocycles. The topological polar surface area (TPSA) is 60.5 Å². The molecule has 2 aliphatic rings. The van der Waals surface area contributed by atoms with Gasteiger partial charge in [-0.25, -0.2) is 18.6 Å². The summed E-state index contributed by atoms with van der Waals surface area (Å²) in [4.78, 5) is 17.2. The summed E-state index contributed by atoms with van der Waals surface area (Å²) in [5.41, 5.74) is 0.0128. The molecule has 9 heteroatoms. The first kappa shape index (κ1) is 18.5. The molecule has 0 unspecified atom stereocenters. The number of rotatable bonds is 6. The Balaban J connectivity index is 1.89. The molecule has 5 nitrogen and oxygen atoms in total. The maximum Gasteiger partial charge on any atom is 0.337 e. The second kappa shape index (κ2) is 7.55. The van der Waals surface area contributed by atoms with Crippen LogP contribution >= 0.6 is 22.9 Å². The number of carbonyl (C=O) groups excluding carboxylic acids is 1. The lowest BCUT2D eigenvalue weighted by atomic mass is 9.80. The maximum atomic E-state index is 12.8. The molecule has 1 aliphatic heterocycles. The Hall–Kier alpha value is -1.25. The minimum Gasteiger partial charge on any atom is -0.449 e. The van der Waals surface area contributed by atoms with Gasteiger partial charge in [0.05, 0.1) is 23.9 Å². The van der Waals surface area contributed by atoms with Crippen LogP contribution in [-0.4, -0.2) is 42.7 Å². The van der Waals surface area contributed by atoms with Crippen LogP contribution in [0.1, 0.15) is 30.6 Å². The summed E-state index contributed by atoms with van der Waals surface area (Å²) in [6.45, 7) is -0.519. The molecule has 1 aliphatic carbocycles. The molecule has 0 amide bonds. The van der Waals surface area contributed by atoms with Crippen LogP contribution in [0.25, 0.3) is 0 Å². The molecule has 0 radical (unpaired) electrons. The van der Waals surface area contributed by atoms with E-state index >= 15 is 0 Å². The third kappa shape index (κ3) is 3.96. The zero-order chi connectivity index (χ0) is 18.0. The van der Waals surface area contributed by atoms with E-state index in [-0.39, 0.29) is 12.5 Å². The molecule has 0 atom stereocenters. The van der Waals surface area contributed by atoms with Gasteiger partial charge in [0, 0.05) is 24.6 Å². The largest absolute Gasteiger partial charge is 0.449 e. The summed E-state index contributed by atoms with van der Waals surface area (Å²) in [5, 5.41) is 2.78. The van der Waals surface area contributed by atoms with Crippen LogP contribution in [0.4, 0.5) is 8.78 Å². The molecular weight excluding hydrogens is 374 g/mol. The second-order valence-electron chi connectivity index (χ2n) is 6.20. The molecule has 1 aromatic rings. The van der Waals surface area contributed by atoms with Gasteiger partial charge in [0.1, 0.15) is 0 Å². The fourth-order valence-electron chi connectivity index (χ4n) is 3.46. The van der Waals surface area contributed by atoms with Crippen molar-refractivity contribution in [1.29, 1.82) is 0 Å². The van der Waals surface area contributed by atoms with E-state index in [1.165, 1.54) is 11.3 Å². The second-order valence-corrected chi connectivity index (χ2v) is 7.90. The van der Waals surface area contributed by atoms with Crippen molar-refractivity contribution in [3.05, 3.63) is 26.8 Å². The highest BCUT2D eigenvalue weighted by molar-refractivity contribution is 7.15. The van der Waals surface area contributed by atoms with Crippen molar-refractivity contribution < 1.29 is 23.0 Å². The summed E-state index contributed by atoms with van der Waals surface area (Å²) in [5.74, 6) is -0.461. The lowest BCUT2D eigenvalue weighted by Crippen LogP contribution is -2.43. The van der Waals surface area contributed by atoms with E-state index in [0.29, 0.717) is 41.4 Å². The highest BCUT2D eigenvalue weighted by Crippen LogP contribution is 2.44. The Bertz CT molecular complexity index is 672. The van der Waals surface area contributed by atoms with Gasteiger partial charge in [-0.3, -0.25) is 0 Å². The summed E-state index contributed by atoms with van der Waals surface area (Å²) in [6, 6.07) is 0. The van der Waals surface area contributed by atoms with Gasteiger partial charge in [0.2, 0.25) is 0 Å². The van der Waals surface area contributed by atoms with Gasteiger partial charge in [0.25, 0.3) is 6.43 Å². The van der Waals surface area contributed by atoms with E-state index in [9.17, 15) is 13.6 Å². The van der Waals surface area contributed by atoms with Crippen molar-refractivity contribution in [2.24, 2.45) is 0 Å². The van der Waals surface area contributed by atoms with Crippen molar-refractivity contribution in [2.75, 3.05) is 13.7 Å². The van der Waals surface area contributed by atoms with Gasteiger partial charge in [-0.1, -0.05) is 11.6 Å². The molecule has 25 heavy (non-hydrogen) atoms. The van der Waals surface area contributed by atoms with Crippen LogP contribution in [0.2, 0.25) is 4.47 Å². The van der Waals surface area contributed by atoms with Gasteiger partial charge in [0.15, 0.2) is 10.1 Å². The fourth-order valence-corrected chi connectivity index (χ4v) is 4.45. The minimum absolute atomic E-state index is 0.102. The normalized spacial score (nSPS) is 26.6. The van der Waals surface area contributed by atoms with Crippen LogP contribution in [-0.2, 0) is 20.7 Å². The summed E-state index contributed by atoms with van der Waals surface area (Å²) in [7, 11) is 1.65. The van der Waals surface area contributed by atoms with E-state index in [0.717, 1.165) is 4.88 Å². The number of hydrogen-bond acceptors (Lipinski definition) is 6. The van der Waals surface area contributed by atoms with Crippen LogP contribution in [0.15, 0.2) is 17.5 Å². The zero-order valence-electron chi connectivity index (χ0n) is 13.7. The number of methoxy groups -OCH3 is 1. The Morgan fingerprint density at radius 1 is 1.52 bits per heavy atom. The molecule has 1 spiro atoms. The predicted molar refractivity (Wildman–Crippen MR) is 89.9 cm³/mol. The average molecular weight is 393 g/mol. The SMILES string of the molecule is COC1CCC2(CC1)OC(=O)C(Cc1cnc(Cl)s1)=C2NCC(F)F. The third-order valence-electron chi connectivity index (χ3n) is 4.67. The smallest absolute Gasteiger partial charge is 0.337 e. The number of esters is 1. The molecule has 0 bridgehead atoms. The molecular formula is C16H19ClF2N2O3S. The number of ether oxygens (including phenoxy) is 2. The van der Waals surface area contributed by atoms with Crippen LogP contribution in [0.3, 0.4) is 0 Å². The first-order chi connectivity index (χ1) is 11.9. The average Bonchev–Trinajstić information content (AvgIpc) is 3.09. The Labute approximate surface area is 153 Å². The van der Waals surface area contributed by atoms with Gasteiger partial charge in [-0.15, -0.1) is 11.3 Å².